The van der Waals surface area contributed by atoms with E-state index < -0.39 is 16.1 Å². The summed E-state index contributed by atoms with van der Waals surface area (Å²) < 4.78 is 1.03. The SMILES string of the molecule is C=CC=C.[CH3][Ti]([CH3])([PH]c1ccccc1)[CH]1C2C=CC=CC2C2CCCCC21.[SiH4]. The Labute approximate surface area is 182 Å². The molecule has 0 aliphatic heterocycles. The summed E-state index contributed by atoms with van der Waals surface area (Å²) in [6.07, 6.45) is 19.1. The van der Waals surface area contributed by atoms with E-state index >= 15 is 0 Å². The standard InChI is InChI=1S/C13H17.C6H6P.C4H6.2CH3.H4Si.Ti/c1-3-7-12-10(5-1)9-11-6-2-4-8-13(11)12;7-6-4-2-1-3-5-6;1-3-4-2;;;;/h1,3,5,7,9-13H,2,4,6,8H2;1-5,7H;3-4H,1-2H2;2*1H3;1H4;/q;-1;;;;;+1. The predicted molar refractivity (Wildman–Crippen MR) is 132 cm³/mol. The Morgan fingerprint density at radius 3 is 2.07 bits per heavy atom. The molecule has 0 nitrogen and oxygen atoms in total. The maximum absolute atomic E-state index is 3.36. The molecule has 4 rings (SSSR count). The van der Waals surface area contributed by atoms with Crippen LogP contribution in [-0.2, 0) is 16.1 Å². The molecule has 0 amide bonds. The number of hydrogen-bond donors (Lipinski definition) is 0. The van der Waals surface area contributed by atoms with E-state index in [4.69, 9.17) is 0 Å². The fraction of sp³-hybridized carbons (Fsp3) is 0.440. The molecule has 2 fully saturated rings. The van der Waals surface area contributed by atoms with Gasteiger partial charge in [0.1, 0.15) is 0 Å². The monoisotopic (exact) mass is 446 g/mol. The van der Waals surface area contributed by atoms with Crippen molar-refractivity contribution in [3.05, 3.63) is 79.9 Å². The van der Waals surface area contributed by atoms with Gasteiger partial charge in [0.2, 0.25) is 0 Å². The average Bonchev–Trinajstić information content (AvgIpc) is 3.04. The van der Waals surface area contributed by atoms with Crippen molar-refractivity contribution in [2.45, 2.75) is 40.4 Å². The first kappa shape index (κ1) is 23.8. The number of hydrogen-bond acceptors (Lipinski definition) is 0. The molecule has 1 aromatic rings. The van der Waals surface area contributed by atoms with Crippen molar-refractivity contribution < 1.29 is 16.1 Å². The third-order valence-electron chi connectivity index (χ3n) is 6.71. The van der Waals surface area contributed by atoms with E-state index in [1.807, 2.05) is 0 Å². The van der Waals surface area contributed by atoms with Crippen LogP contribution in [0, 0.1) is 23.7 Å². The Balaban J connectivity index is 0.000000515. The zero-order valence-electron chi connectivity index (χ0n) is 17.0. The fourth-order valence-electron chi connectivity index (χ4n) is 5.82. The van der Waals surface area contributed by atoms with E-state index in [1.54, 1.807) is 17.5 Å². The Hall–Kier alpha value is -0.459. The summed E-state index contributed by atoms with van der Waals surface area (Å²) in [6.45, 7) is 7.83. The largest absolute Gasteiger partial charge is 0.0149 e. The Bertz CT molecular complexity index is 688. The van der Waals surface area contributed by atoms with Crippen molar-refractivity contribution in [1.29, 1.82) is 0 Å². The van der Waals surface area contributed by atoms with E-state index in [-0.39, 0.29) is 11.0 Å². The van der Waals surface area contributed by atoms with E-state index in [2.05, 4.69) is 78.3 Å². The van der Waals surface area contributed by atoms with Gasteiger partial charge in [-0.3, -0.25) is 0 Å². The number of benzene rings is 1. The smallest absolute Gasteiger partial charge is 0.0149 e. The van der Waals surface area contributed by atoms with Gasteiger partial charge >= 0.3 is 147 Å². The van der Waals surface area contributed by atoms with Gasteiger partial charge in [-0.25, -0.2) is 0 Å². The summed E-state index contributed by atoms with van der Waals surface area (Å²) >= 11 is -1.87. The molecule has 0 radical (unpaired) electrons. The van der Waals surface area contributed by atoms with Crippen LogP contribution in [0.1, 0.15) is 25.7 Å². The van der Waals surface area contributed by atoms with Gasteiger partial charge in [-0.2, -0.15) is 0 Å². The number of rotatable bonds is 4. The Morgan fingerprint density at radius 2 is 1.46 bits per heavy atom. The molecule has 0 saturated heterocycles. The van der Waals surface area contributed by atoms with Crippen LogP contribution in [0.3, 0.4) is 0 Å². The van der Waals surface area contributed by atoms with Crippen LogP contribution in [0.15, 0.2) is 79.9 Å². The second-order valence-corrected chi connectivity index (χ2v) is 22.5. The third kappa shape index (κ3) is 5.37. The second kappa shape index (κ2) is 11.1. The van der Waals surface area contributed by atoms with Gasteiger partial charge < -0.3 is 0 Å². The van der Waals surface area contributed by atoms with Gasteiger partial charge in [-0.15, -0.1) is 0 Å². The van der Waals surface area contributed by atoms with Crippen molar-refractivity contribution in [3.63, 3.8) is 0 Å². The Kier molecular flexibility index (Phi) is 9.42. The van der Waals surface area contributed by atoms with Crippen molar-refractivity contribution in [2.75, 3.05) is 0 Å². The summed E-state index contributed by atoms with van der Waals surface area (Å²) in [5.41, 5.74) is 0. The van der Waals surface area contributed by atoms with Crippen LogP contribution in [-0.4, -0.2) is 11.0 Å². The van der Waals surface area contributed by atoms with Gasteiger partial charge in [0, 0.05) is 0 Å². The number of allylic oxidation sites excluding steroid dienone is 6. The first-order valence-corrected chi connectivity index (χ1v) is 17.9. The molecule has 0 heterocycles. The average molecular weight is 447 g/mol. The van der Waals surface area contributed by atoms with Crippen molar-refractivity contribution in [3.8, 4) is 0 Å². The maximum Gasteiger partial charge on any atom is -0.0149 e. The zero-order chi connectivity index (χ0) is 19.3. The minimum absolute atomic E-state index is 0. The van der Waals surface area contributed by atoms with E-state index in [9.17, 15) is 0 Å². The van der Waals surface area contributed by atoms with Gasteiger partial charge in [-0.1, -0.05) is 25.3 Å². The number of fused-ring (bicyclic) bond motifs is 3. The van der Waals surface area contributed by atoms with Crippen LogP contribution < -0.4 is 5.30 Å². The fourth-order valence-corrected chi connectivity index (χ4v) is 18.2. The molecule has 0 bridgehead atoms. The van der Waals surface area contributed by atoms with E-state index in [0.29, 0.717) is 0 Å². The molecule has 2 saturated carbocycles. The van der Waals surface area contributed by atoms with Crippen LogP contribution >= 0.6 is 6.57 Å². The van der Waals surface area contributed by atoms with Crippen molar-refractivity contribution in [1.82, 2.24) is 0 Å². The quantitative estimate of drug-likeness (QED) is 0.301. The summed E-state index contributed by atoms with van der Waals surface area (Å²) in [7, 11) is 0. The van der Waals surface area contributed by atoms with Crippen molar-refractivity contribution in [2.24, 2.45) is 23.7 Å². The zero-order valence-corrected chi connectivity index (χ0v) is 19.5. The molecule has 0 N–H and O–H groups in total. The molecule has 6 unspecified atom stereocenters. The predicted octanol–water partition coefficient (Wildman–Crippen LogP) is 6.03. The van der Waals surface area contributed by atoms with E-state index in [0.717, 1.165) is 34.5 Å². The topological polar surface area (TPSA) is 0 Å². The Morgan fingerprint density at radius 1 is 0.893 bits per heavy atom. The molecule has 1 aromatic carbocycles. The summed E-state index contributed by atoms with van der Waals surface area (Å²) in [4.78, 5) is 0. The molecule has 152 valence electrons. The van der Waals surface area contributed by atoms with Crippen molar-refractivity contribution >= 4 is 22.8 Å². The third-order valence-corrected chi connectivity index (χ3v) is 17.6. The normalized spacial score (nSPS) is 30.6. The van der Waals surface area contributed by atoms with Gasteiger partial charge in [0.15, 0.2) is 0 Å². The molecule has 3 aliphatic rings. The summed E-state index contributed by atoms with van der Waals surface area (Å²) in [5, 5.41) is 7.08. The van der Waals surface area contributed by atoms with Gasteiger partial charge in [0.05, 0.1) is 0 Å². The summed E-state index contributed by atoms with van der Waals surface area (Å²) in [5.74, 6) is 3.74. The molecular formula is C25H39PSiTi. The molecule has 6 atom stereocenters. The minimum Gasteiger partial charge on any atom is -0.0149 e. The summed E-state index contributed by atoms with van der Waals surface area (Å²) in [6, 6.07) is 11.3. The minimum atomic E-state index is -1.87. The first-order chi connectivity index (χ1) is 13.1. The van der Waals surface area contributed by atoms with Crippen LogP contribution in [0.25, 0.3) is 0 Å². The van der Waals surface area contributed by atoms with Gasteiger partial charge in [0.25, 0.3) is 0 Å². The molecule has 0 aromatic heterocycles. The van der Waals surface area contributed by atoms with Crippen LogP contribution in [0.4, 0.5) is 0 Å². The second-order valence-electron chi connectivity index (χ2n) is 8.75. The van der Waals surface area contributed by atoms with Gasteiger partial charge in [-0.05, 0) is 11.0 Å². The molecule has 3 aliphatic carbocycles. The van der Waals surface area contributed by atoms with Crippen LogP contribution in [0.2, 0.25) is 14.7 Å². The molecule has 28 heavy (non-hydrogen) atoms. The molecule has 0 spiro atoms. The molecular weight excluding hydrogens is 407 g/mol. The maximum atomic E-state index is 3.36. The molecule has 3 heteroatoms. The van der Waals surface area contributed by atoms with Crippen LogP contribution in [0.5, 0.6) is 0 Å². The van der Waals surface area contributed by atoms with E-state index in [1.165, 1.54) is 25.7 Å². The first-order valence-electron chi connectivity index (χ1n) is 10.5.